The minimum atomic E-state index is -0.510. The number of hydrogen-bond acceptors (Lipinski definition) is 6. The van der Waals surface area contributed by atoms with E-state index >= 15 is 4.39 Å². The summed E-state index contributed by atoms with van der Waals surface area (Å²) in [7, 11) is 0. The van der Waals surface area contributed by atoms with E-state index in [1.54, 1.807) is 47.5 Å². The van der Waals surface area contributed by atoms with Gasteiger partial charge in [-0.05, 0) is 52.0 Å². The van der Waals surface area contributed by atoms with Crippen LogP contribution in [0.3, 0.4) is 0 Å². The summed E-state index contributed by atoms with van der Waals surface area (Å²) in [5.74, 6) is 0.671. The van der Waals surface area contributed by atoms with Crippen molar-refractivity contribution in [1.29, 1.82) is 5.41 Å². The van der Waals surface area contributed by atoms with Gasteiger partial charge in [-0.3, -0.25) is 10.1 Å². The van der Waals surface area contributed by atoms with Crippen molar-refractivity contribution in [3.05, 3.63) is 72.2 Å². The van der Waals surface area contributed by atoms with E-state index in [1.165, 1.54) is 0 Å². The van der Waals surface area contributed by atoms with Crippen molar-refractivity contribution in [3.8, 4) is 22.8 Å². The van der Waals surface area contributed by atoms with Crippen LogP contribution >= 0.6 is 0 Å². The van der Waals surface area contributed by atoms with Crippen molar-refractivity contribution < 1.29 is 13.9 Å². The Morgan fingerprint density at radius 2 is 1.97 bits per heavy atom. The molecule has 2 heterocycles. The quantitative estimate of drug-likeness (QED) is 0.190. The van der Waals surface area contributed by atoms with E-state index in [-0.39, 0.29) is 29.9 Å². The number of imidazole rings is 1. The minimum Gasteiger partial charge on any atom is -0.494 e. The number of halogens is 1. The van der Waals surface area contributed by atoms with Crippen molar-refractivity contribution in [2.45, 2.75) is 46.9 Å². The van der Waals surface area contributed by atoms with Gasteiger partial charge in [-0.15, -0.1) is 0 Å². The number of benzene rings is 2. The van der Waals surface area contributed by atoms with E-state index in [0.717, 1.165) is 17.8 Å². The summed E-state index contributed by atoms with van der Waals surface area (Å²) in [6.07, 6.45) is 5.28. The van der Waals surface area contributed by atoms with Gasteiger partial charge in [0.25, 0.3) is 0 Å². The lowest BCUT2D eigenvalue weighted by atomic mass is 10.1. The lowest BCUT2D eigenvalue weighted by Crippen LogP contribution is -2.20. The smallest absolute Gasteiger partial charge is 0.188 e. The summed E-state index contributed by atoms with van der Waals surface area (Å²) in [4.78, 5) is 9.73. The number of ether oxygens (including phenoxy) is 2. The number of rotatable bonds is 11. The first-order valence-electron chi connectivity index (χ1n) is 12.2. The molecule has 0 aliphatic carbocycles. The average Bonchev–Trinajstić information content (AvgIpc) is 3.54. The Morgan fingerprint density at radius 1 is 1.22 bits per heavy atom. The number of nitrogens with two attached hydrogens (primary N) is 1. The predicted octanol–water partition coefficient (Wildman–Crippen LogP) is 5.24. The first-order chi connectivity index (χ1) is 17.8. The molecule has 0 bridgehead atoms. The zero-order valence-corrected chi connectivity index (χ0v) is 21.5. The van der Waals surface area contributed by atoms with Gasteiger partial charge in [0.1, 0.15) is 17.4 Å². The highest BCUT2D eigenvalue weighted by atomic mass is 19.1. The van der Waals surface area contributed by atoms with Crippen LogP contribution in [-0.2, 0) is 13.1 Å². The molecule has 0 radical (unpaired) electrons. The van der Waals surface area contributed by atoms with Crippen LogP contribution in [0.15, 0.2) is 55.0 Å². The van der Waals surface area contributed by atoms with Crippen molar-refractivity contribution in [3.63, 3.8) is 0 Å². The highest BCUT2D eigenvalue weighted by Gasteiger charge is 2.22. The van der Waals surface area contributed by atoms with Crippen molar-refractivity contribution >= 4 is 17.2 Å². The third-order valence-corrected chi connectivity index (χ3v) is 5.64. The van der Waals surface area contributed by atoms with E-state index in [2.05, 4.69) is 10.1 Å². The molecule has 4 aromatic rings. The molecule has 37 heavy (non-hydrogen) atoms. The normalized spacial score (nSPS) is 11.1. The Labute approximate surface area is 215 Å². The molecule has 0 amide bonds. The minimum absolute atomic E-state index is 0.0430. The molecule has 0 spiro atoms. The number of aryl methyl sites for hydroxylation is 1. The molecule has 4 rings (SSSR count). The summed E-state index contributed by atoms with van der Waals surface area (Å²) >= 11 is 0. The molecule has 2 aromatic carbocycles. The fourth-order valence-electron chi connectivity index (χ4n) is 3.89. The van der Waals surface area contributed by atoms with Gasteiger partial charge in [0.05, 0.1) is 36.8 Å². The van der Waals surface area contributed by atoms with Crippen LogP contribution in [0.1, 0.15) is 39.1 Å². The van der Waals surface area contributed by atoms with E-state index < -0.39 is 5.82 Å². The van der Waals surface area contributed by atoms with E-state index in [0.29, 0.717) is 29.4 Å². The van der Waals surface area contributed by atoms with Gasteiger partial charge in [-0.2, -0.15) is 5.10 Å². The molecule has 0 aliphatic heterocycles. The summed E-state index contributed by atoms with van der Waals surface area (Å²) in [5, 5.41) is 12.0. The van der Waals surface area contributed by atoms with Crippen molar-refractivity contribution in [1.82, 2.24) is 19.7 Å². The Morgan fingerprint density at radius 3 is 2.59 bits per heavy atom. The second-order valence-electron chi connectivity index (χ2n) is 8.72. The van der Waals surface area contributed by atoms with Crippen LogP contribution in [0.25, 0.3) is 11.3 Å². The van der Waals surface area contributed by atoms with Crippen LogP contribution in [0.2, 0.25) is 0 Å². The van der Waals surface area contributed by atoms with Crippen molar-refractivity contribution in [2.75, 3.05) is 11.5 Å². The van der Waals surface area contributed by atoms with Crippen molar-refractivity contribution in [2.24, 2.45) is 5.73 Å². The lowest BCUT2D eigenvalue weighted by Gasteiger charge is -2.26. The second-order valence-corrected chi connectivity index (χ2v) is 8.72. The number of nitrogens with one attached hydrogen (secondary N) is 2. The van der Waals surface area contributed by atoms with Crippen LogP contribution in [0, 0.1) is 11.2 Å². The topological polar surface area (TPSA) is 118 Å². The zero-order chi connectivity index (χ0) is 26.5. The maximum absolute atomic E-state index is 15.9. The Hall–Kier alpha value is -4.34. The van der Waals surface area contributed by atoms with Gasteiger partial charge in [0.15, 0.2) is 11.6 Å². The Bertz CT molecular complexity index is 1360. The summed E-state index contributed by atoms with van der Waals surface area (Å²) in [6, 6.07) is 10.3. The van der Waals surface area contributed by atoms with E-state index in [9.17, 15) is 0 Å². The largest absolute Gasteiger partial charge is 0.494 e. The Balaban J connectivity index is 1.78. The molecule has 0 fully saturated rings. The molecule has 10 heteroatoms. The van der Waals surface area contributed by atoms with Gasteiger partial charge in [-0.25, -0.2) is 9.37 Å². The average molecular weight is 506 g/mol. The summed E-state index contributed by atoms with van der Waals surface area (Å²) < 4.78 is 29.2. The van der Waals surface area contributed by atoms with Crippen LogP contribution in [0.5, 0.6) is 11.5 Å². The molecule has 2 aromatic heterocycles. The number of hydrogen-bond donors (Lipinski definition) is 3. The van der Waals surface area contributed by atoms with Gasteiger partial charge in [-0.1, -0.05) is 0 Å². The number of H-pyrrole nitrogens is 1. The van der Waals surface area contributed by atoms with Gasteiger partial charge < -0.3 is 25.1 Å². The third-order valence-electron chi connectivity index (χ3n) is 5.64. The Kier molecular flexibility index (Phi) is 7.76. The van der Waals surface area contributed by atoms with Gasteiger partial charge in [0, 0.05) is 47.9 Å². The molecule has 0 saturated heterocycles. The summed E-state index contributed by atoms with van der Waals surface area (Å²) in [6.45, 7) is 8.99. The molecule has 0 unspecified atom stereocenters. The zero-order valence-electron chi connectivity index (χ0n) is 21.5. The van der Waals surface area contributed by atoms with Crippen LogP contribution in [0.4, 0.5) is 15.8 Å². The first-order valence-corrected chi connectivity index (χ1v) is 12.2. The van der Waals surface area contributed by atoms with Gasteiger partial charge in [0.2, 0.25) is 0 Å². The van der Waals surface area contributed by atoms with E-state index in [1.807, 2.05) is 44.8 Å². The molecule has 0 aliphatic rings. The highest BCUT2D eigenvalue weighted by Crippen LogP contribution is 2.38. The monoisotopic (exact) mass is 505 g/mol. The predicted molar refractivity (Wildman–Crippen MR) is 142 cm³/mol. The number of amidine groups is 1. The molecular formula is C27H32FN7O2. The molecule has 4 N–H and O–H groups in total. The van der Waals surface area contributed by atoms with Gasteiger partial charge >= 0.3 is 0 Å². The number of nitrogen functional groups attached to an aromatic ring is 1. The number of anilines is 2. The van der Waals surface area contributed by atoms with E-state index in [4.69, 9.17) is 25.6 Å². The molecule has 9 nitrogen and oxygen atoms in total. The lowest BCUT2D eigenvalue weighted by molar-refractivity contribution is 0.229. The van der Waals surface area contributed by atoms with Crippen LogP contribution in [-0.4, -0.2) is 38.3 Å². The number of aromatic nitrogens is 4. The number of nitrogens with zero attached hydrogens (tertiary/aromatic N) is 4. The second kappa shape index (κ2) is 11.2. The number of aromatic amines is 1. The highest BCUT2D eigenvalue weighted by molar-refractivity contribution is 5.95. The molecule has 0 atom stereocenters. The maximum Gasteiger partial charge on any atom is 0.188 e. The molecule has 0 saturated carbocycles. The third kappa shape index (κ3) is 5.91. The molecule has 194 valence electrons. The first kappa shape index (κ1) is 25.7. The maximum atomic E-state index is 15.9. The van der Waals surface area contributed by atoms with Crippen LogP contribution < -0.4 is 20.1 Å². The fraction of sp³-hybridized carbons (Fsp3) is 0.296. The molecular weight excluding hydrogens is 473 g/mol. The fourth-order valence-corrected chi connectivity index (χ4v) is 3.89. The SMILES string of the molecule is CCOc1cc(OC(C)C)c(F)c(N(Cc2nc(-c3cnn(CC)c3)c[nH]2)c2ccc(C(=N)N)cc2)c1. The standard InChI is InChI=1S/C27H32FN7O2/c1-5-34-15-19(13-32-34)22-14-31-25(33-22)16-35(20-9-7-18(8-10-20)27(29)30)23-11-21(36-6-2)12-24(26(23)28)37-17(3)4/h7-15,17H,5-6,16H2,1-4H3,(H3,29,30)(H,31,33). The summed E-state index contributed by atoms with van der Waals surface area (Å²) in [5.41, 5.74) is 8.81.